The SMILES string of the molecule is C[C@H](CCC(Br)C(C)(C)O)[C@H]1CC[C@@]2(C)C3=C(CC[C@]12C)[C@@]1(C)CC[C@H](I)C(C)(C)[C@@H]1CC3. The van der Waals surface area contributed by atoms with E-state index in [1.165, 1.54) is 57.8 Å². The lowest BCUT2D eigenvalue weighted by atomic mass is 9.43. The van der Waals surface area contributed by atoms with Crippen molar-refractivity contribution in [2.24, 2.45) is 39.4 Å². The van der Waals surface area contributed by atoms with E-state index < -0.39 is 5.60 Å². The highest BCUT2D eigenvalue weighted by atomic mass is 127. The first-order valence-electron chi connectivity index (χ1n) is 13.8. The summed E-state index contributed by atoms with van der Waals surface area (Å²) in [5.74, 6) is 2.38. The third kappa shape index (κ3) is 4.07. The zero-order chi connectivity index (χ0) is 24.6. The maximum Gasteiger partial charge on any atom is 0.0716 e. The molecule has 8 atom stereocenters. The summed E-state index contributed by atoms with van der Waals surface area (Å²) in [5, 5.41) is 10.4. The molecule has 3 heteroatoms. The van der Waals surface area contributed by atoms with Crippen molar-refractivity contribution < 1.29 is 5.11 Å². The van der Waals surface area contributed by atoms with E-state index >= 15 is 0 Å². The third-order valence-electron chi connectivity index (χ3n) is 12.1. The fourth-order valence-corrected chi connectivity index (χ4v) is 10.6. The molecule has 33 heavy (non-hydrogen) atoms. The average Bonchev–Trinajstić information content (AvgIpc) is 3.00. The molecule has 0 radical (unpaired) electrons. The number of aliphatic hydroxyl groups is 1. The molecule has 1 unspecified atom stereocenters. The smallest absolute Gasteiger partial charge is 0.0716 e. The molecule has 2 saturated carbocycles. The lowest BCUT2D eigenvalue weighted by molar-refractivity contribution is -0.0147. The largest absolute Gasteiger partial charge is 0.389 e. The van der Waals surface area contributed by atoms with Crippen molar-refractivity contribution in [3.8, 4) is 0 Å². The van der Waals surface area contributed by atoms with Gasteiger partial charge < -0.3 is 5.11 Å². The number of rotatable bonds is 5. The quantitative estimate of drug-likeness (QED) is 0.182. The van der Waals surface area contributed by atoms with Gasteiger partial charge in [-0.1, -0.05) is 91.2 Å². The van der Waals surface area contributed by atoms with Crippen LogP contribution in [0.3, 0.4) is 0 Å². The Kier molecular flexibility index (Phi) is 7.14. The van der Waals surface area contributed by atoms with E-state index in [0.717, 1.165) is 28.1 Å². The first-order valence-corrected chi connectivity index (χ1v) is 16.0. The molecule has 0 aromatic heterocycles. The molecule has 0 aliphatic heterocycles. The van der Waals surface area contributed by atoms with Crippen molar-refractivity contribution in [2.45, 2.75) is 134 Å². The van der Waals surface area contributed by atoms with Crippen LogP contribution in [0.4, 0.5) is 0 Å². The number of fused-ring (bicyclic) bond motifs is 4. The molecule has 0 saturated heterocycles. The van der Waals surface area contributed by atoms with Crippen LogP contribution in [0, 0.1) is 39.4 Å². The molecule has 190 valence electrons. The summed E-state index contributed by atoms with van der Waals surface area (Å²) in [6.45, 7) is 19.6. The van der Waals surface area contributed by atoms with Crippen molar-refractivity contribution in [1.82, 2.24) is 0 Å². The zero-order valence-electron chi connectivity index (χ0n) is 22.7. The van der Waals surface area contributed by atoms with Crippen molar-refractivity contribution >= 4 is 38.5 Å². The molecular weight excluding hydrogens is 583 g/mol. The number of allylic oxidation sites excluding steroid dienone is 2. The van der Waals surface area contributed by atoms with Crippen LogP contribution in [-0.4, -0.2) is 19.5 Å². The molecule has 4 rings (SSSR count). The van der Waals surface area contributed by atoms with Gasteiger partial charge in [-0.2, -0.15) is 0 Å². The van der Waals surface area contributed by atoms with Gasteiger partial charge in [-0.3, -0.25) is 0 Å². The molecule has 4 aliphatic carbocycles. The van der Waals surface area contributed by atoms with E-state index in [2.05, 4.69) is 80.1 Å². The summed E-state index contributed by atoms with van der Waals surface area (Å²) in [6.07, 6.45) is 13.4. The fraction of sp³-hybridized carbons (Fsp3) is 0.933. The number of halogens is 2. The highest BCUT2D eigenvalue weighted by Crippen LogP contribution is 2.72. The van der Waals surface area contributed by atoms with Crippen LogP contribution in [0.2, 0.25) is 0 Å². The Bertz CT molecular complexity index is 796. The summed E-state index contributed by atoms with van der Waals surface area (Å²) in [4.78, 5) is 0.181. The van der Waals surface area contributed by atoms with Gasteiger partial charge in [-0.15, -0.1) is 0 Å². The Morgan fingerprint density at radius 1 is 0.970 bits per heavy atom. The second-order valence-corrected chi connectivity index (χ2v) is 17.0. The summed E-state index contributed by atoms with van der Waals surface area (Å²) in [7, 11) is 0. The summed E-state index contributed by atoms with van der Waals surface area (Å²) < 4.78 is 0.818. The van der Waals surface area contributed by atoms with Crippen molar-refractivity contribution in [2.75, 3.05) is 0 Å². The van der Waals surface area contributed by atoms with Crippen molar-refractivity contribution in [1.29, 1.82) is 0 Å². The van der Waals surface area contributed by atoms with Gasteiger partial charge >= 0.3 is 0 Å². The van der Waals surface area contributed by atoms with Crippen molar-refractivity contribution in [3.63, 3.8) is 0 Å². The second kappa shape index (κ2) is 8.74. The topological polar surface area (TPSA) is 20.2 Å². The highest BCUT2D eigenvalue weighted by molar-refractivity contribution is 14.1. The molecule has 1 N–H and O–H groups in total. The van der Waals surface area contributed by atoms with Crippen LogP contribution in [0.5, 0.6) is 0 Å². The Hall–Kier alpha value is 0.910. The molecule has 0 spiro atoms. The normalized spacial score (nSPS) is 44.6. The van der Waals surface area contributed by atoms with Crippen LogP contribution in [0.1, 0.15) is 120 Å². The number of hydrogen-bond donors (Lipinski definition) is 1. The van der Waals surface area contributed by atoms with Gasteiger partial charge in [0.05, 0.1) is 5.60 Å². The number of hydrogen-bond acceptors (Lipinski definition) is 1. The molecule has 0 bridgehead atoms. The predicted octanol–water partition coefficient (Wildman–Crippen LogP) is 9.49. The lowest BCUT2D eigenvalue weighted by Crippen LogP contribution is -2.54. The fourth-order valence-electron chi connectivity index (χ4n) is 9.57. The van der Waals surface area contributed by atoms with Gasteiger partial charge in [0.25, 0.3) is 0 Å². The van der Waals surface area contributed by atoms with E-state index in [1.54, 1.807) is 0 Å². The number of alkyl halides is 2. The third-order valence-corrected chi connectivity index (χ3v) is 15.9. The predicted molar refractivity (Wildman–Crippen MR) is 154 cm³/mol. The molecule has 4 aliphatic rings. The minimum Gasteiger partial charge on any atom is -0.389 e. The minimum absolute atomic E-state index is 0.181. The van der Waals surface area contributed by atoms with Gasteiger partial charge in [0.2, 0.25) is 0 Å². The van der Waals surface area contributed by atoms with Crippen molar-refractivity contribution in [3.05, 3.63) is 11.1 Å². The average molecular weight is 634 g/mol. The first kappa shape index (κ1) is 27.0. The van der Waals surface area contributed by atoms with E-state index in [0.29, 0.717) is 21.7 Å². The van der Waals surface area contributed by atoms with E-state index in [1.807, 2.05) is 25.0 Å². The van der Waals surface area contributed by atoms with E-state index in [9.17, 15) is 5.11 Å². The molecule has 0 heterocycles. The lowest BCUT2D eigenvalue weighted by Gasteiger charge is -2.62. The Morgan fingerprint density at radius 2 is 1.64 bits per heavy atom. The summed E-state index contributed by atoms with van der Waals surface area (Å²) in [6, 6.07) is 0. The van der Waals surface area contributed by atoms with Crippen LogP contribution in [-0.2, 0) is 0 Å². The Balaban J connectivity index is 1.60. The Labute approximate surface area is 227 Å². The van der Waals surface area contributed by atoms with Crippen LogP contribution in [0.25, 0.3) is 0 Å². The van der Waals surface area contributed by atoms with Crippen LogP contribution in [0.15, 0.2) is 11.1 Å². The molecule has 1 nitrogen and oxygen atoms in total. The van der Waals surface area contributed by atoms with Gasteiger partial charge in [-0.25, -0.2) is 0 Å². The van der Waals surface area contributed by atoms with Gasteiger partial charge in [0.15, 0.2) is 0 Å². The summed E-state index contributed by atoms with van der Waals surface area (Å²) >= 11 is 6.53. The summed E-state index contributed by atoms with van der Waals surface area (Å²) in [5.41, 5.74) is 4.91. The zero-order valence-corrected chi connectivity index (χ0v) is 26.4. The molecule has 0 aromatic carbocycles. The van der Waals surface area contributed by atoms with E-state index in [4.69, 9.17) is 0 Å². The second-order valence-electron chi connectivity index (χ2n) is 14.4. The molecule has 2 fully saturated rings. The first-order chi connectivity index (χ1) is 15.1. The van der Waals surface area contributed by atoms with Gasteiger partial charge in [0.1, 0.15) is 0 Å². The standard InChI is InChI=1S/C30H50BrIO/c1-19(9-12-24(31)27(4,5)33)20-13-17-30(8)22-10-11-23-26(2,3)25(32)15-16-28(23,6)21(22)14-18-29(20,30)7/h19-20,23-25,33H,9-18H2,1-8H3/t19-,20-,23+,24?,25+,28-,29-,30+/m1/s1. The maximum absolute atomic E-state index is 10.4. The van der Waals surface area contributed by atoms with Crippen LogP contribution >= 0.6 is 38.5 Å². The van der Waals surface area contributed by atoms with Gasteiger partial charge in [0, 0.05) is 8.75 Å². The minimum atomic E-state index is -0.642. The maximum atomic E-state index is 10.4. The molecule has 0 aromatic rings. The molecular formula is C30H50BrIO. The van der Waals surface area contributed by atoms with Crippen LogP contribution < -0.4 is 0 Å². The Morgan fingerprint density at radius 3 is 2.27 bits per heavy atom. The molecule has 0 amide bonds. The van der Waals surface area contributed by atoms with Gasteiger partial charge in [-0.05, 0) is 117 Å². The highest BCUT2D eigenvalue weighted by Gasteiger charge is 2.63. The monoisotopic (exact) mass is 632 g/mol. The van der Waals surface area contributed by atoms with E-state index in [-0.39, 0.29) is 4.83 Å².